The number of carbonyl (C=O) groups excluding carboxylic acids is 1. The van der Waals surface area contributed by atoms with E-state index in [1.165, 1.54) is 6.08 Å². The zero-order chi connectivity index (χ0) is 20.0. The minimum absolute atomic E-state index is 0.0246. The third-order valence-electron chi connectivity index (χ3n) is 3.68. The van der Waals surface area contributed by atoms with E-state index in [1.807, 2.05) is 44.2 Å². The molecule has 2 aromatic rings. The van der Waals surface area contributed by atoms with Crippen LogP contribution < -0.4 is 10.1 Å². The van der Waals surface area contributed by atoms with Crippen molar-refractivity contribution < 1.29 is 9.53 Å². The molecule has 0 saturated carbocycles. The fourth-order valence-electron chi connectivity index (χ4n) is 2.43. The SMILES string of the molecule is C=CCOc1c(Br)cc(Br)cc1/C=C(\C#N)C(=O)Nc1ccc(C)cc1C. The van der Waals surface area contributed by atoms with Gasteiger partial charge in [-0.1, -0.05) is 46.3 Å². The largest absolute Gasteiger partial charge is 0.488 e. The number of aryl methyl sites for hydroxylation is 2. The number of benzene rings is 2. The lowest BCUT2D eigenvalue weighted by Crippen LogP contribution is -2.14. The Kier molecular flexibility index (Phi) is 7.40. The summed E-state index contributed by atoms with van der Waals surface area (Å²) in [6, 6.07) is 11.3. The maximum absolute atomic E-state index is 12.6. The highest BCUT2D eigenvalue weighted by Crippen LogP contribution is 2.34. The summed E-state index contributed by atoms with van der Waals surface area (Å²) in [7, 11) is 0. The number of hydrogen-bond acceptors (Lipinski definition) is 3. The van der Waals surface area contributed by atoms with E-state index in [-0.39, 0.29) is 5.57 Å². The first-order valence-corrected chi connectivity index (χ1v) is 9.67. The summed E-state index contributed by atoms with van der Waals surface area (Å²) in [6.45, 7) is 7.83. The Morgan fingerprint density at radius 3 is 2.67 bits per heavy atom. The number of rotatable bonds is 6. The Labute approximate surface area is 175 Å². The van der Waals surface area contributed by atoms with Gasteiger partial charge in [0.15, 0.2) is 0 Å². The number of anilines is 1. The Hall–Kier alpha value is -2.36. The van der Waals surface area contributed by atoms with Crippen molar-refractivity contribution in [2.75, 3.05) is 11.9 Å². The van der Waals surface area contributed by atoms with E-state index in [0.29, 0.717) is 28.1 Å². The van der Waals surface area contributed by atoms with Gasteiger partial charge in [0.2, 0.25) is 0 Å². The molecule has 0 aliphatic carbocycles. The predicted octanol–water partition coefficient (Wildman–Crippen LogP) is 5.94. The molecular weight excluding hydrogens is 472 g/mol. The molecule has 4 nitrogen and oxygen atoms in total. The minimum Gasteiger partial charge on any atom is -0.488 e. The molecule has 0 unspecified atom stereocenters. The van der Waals surface area contributed by atoms with Crippen molar-refractivity contribution in [2.24, 2.45) is 0 Å². The molecule has 6 heteroatoms. The molecule has 0 aliphatic heterocycles. The normalized spacial score (nSPS) is 10.9. The van der Waals surface area contributed by atoms with Crippen LogP contribution in [-0.2, 0) is 4.79 Å². The monoisotopic (exact) mass is 488 g/mol. The number of ether oxygens (including phenoxy) is 1. The van der Waals surface area contributed by atoms with Gasteiger partial charge in [-0.25, -0.2) is 0 Å². The van der Waals surface area contributed by atoms with Crippen LogP contribution in [0.4, 0.5) is 5.69 Å². The number of amides is 1. The van der Waals surface area contributed by atoms with Crippen molar-refractivity contribution >= 4 is 49.5 Å². The fraction of sp³-hybridized carbons (Fsp3) is 0.143. The van der Waals surface area contributed by atoms with Gasteiger partial charge in [-0.15, -0.1) is 0 Å². The average Bonchev–Trinajstić information content (AvgIpc) is 2.61. The van der Waals surface area contributed by atoms with Crippen LogP contribution in [0.3, 0.4) is 0 Å². The molecule has 0 bridgehead atoms. The van der Waals surface area contributed by atoms with Crippen molar-refractivity contribution in [3.8, 4) is 11.8 Å². The van der Waals surface area contributed by atoms with Crippen LogP contribution in [-0.4, -0.2) is 12.5 Å². The maximum atomic E-state index is 12.6. The molecule has 2 aromatic carbocycles. The number of carbonyl (C=O) groups is 1. The Bertz CT molecular complexity index is 959. The second-order valence-electron chi connectivity index (χ2n) is 5.85. The van der Waals surface area contributed by atoms with Crippen molar-refractivity contribution in [1.29, 1.82) is 5.26 Å². The summed E-state index contributed by atoms with van der Waals surface area (Å²) in [5.74, 6) is 0.0559. The molecule has 1 amide bonds. The Balaban J connectivity index is 2.39. The first-order valence-electron chi connectivity index (χ1n) is 8.09. The van der Waals surface area contributed by atoms with E-state index in [4.69, 9.17) is 4.74 Å². The maximum Gasteiger partial charge on any atom is 0.266 e. The van der Waals surface area contributed by atoms with Crippen LogP contribution in [0.15, 0.2) is 57.5 Å². The van der Waals surface area contributed by atoms with Crippen molar-refractivity contribution in [2.45, 2.75) is 13.8 Å². The molecule has 0 fully saturated rings. The number of halogens is 2. The van der Waals surface area contributed by atoms with Crippen molar-refractivity contribution in [3.05, 3.63) is 74.2 Å². The van der Waals surface area contributed by atoms with E-state index in [0.717, 1.165) is 15.6 Å². The van der Waals surface area contributed by atoms with Crippen molar-refractivity contribution in [1.82, 2.24) is 0 Å². The molecule has 138 valence electrons. The zero-order valence-electron chi connectivity index (χ0n) is 15.0. The summed E-state index contributed by atoms with van der Waals surface area (Å²) < 4.78 is 7.17. The van der Waals surface area contributed by atoms with Crippen LogP contribution in [0, 0.1) is 25.2 Å². The summed E-state index contributed by atoms with van der Waals surface area (Å²) in [6.07, 6.45) is 3.13. The number of hydrogen-bond donors (Lipinski definition) is 1. The van der Waals surface area contributed by atoms with Crippen LogP contribution in [0.2, 0.25) is 0 Å². The smallest absolute Gasteiger partial charge is 0.266 e. The first kappa shape index (κ1) is 20.9. The molecule has 0 radical (unpaired) electrons. The third-order valence-corrected chi connectivity index (χ3v) is 4.72. The minimum atomic E-state index is -0.477. The second-order valence-corrected chi connectivity index (χ2v) is 7.62. The van der Waals surface area contributed by atoms with Gasteiger partial charge in [-0.2, -0.15) is 5.26 Å². The summed E-state index contributed by atoms with van der Waals surface area (Å²) in [5.41, 5.74) is 3.28. The van der Waals surface area contributed by atoms with Crippen LogP contribution in [0.25, 0.3) is 6.08 Å². The molecular formula is C21H18Br2N2O2. The Morgan fingerprint density at radius 1 is 1.30 bits per heavy atom. The topological polar surface area (TPSA) is 62.1 Å². The summed E-state index contributed by atoms with van der Waals surface area (Å²) in [5, 5.41) is 12.3. The number of nitriles is 1. The molecule has 0 atom stereocenters. The van der Waals surface area contributed by atoms with Gasteiger partial charge in [0.05, 0.1) is 4.47 Å². The quantitative estimate of drug-likeness (QED) is 0.310. The first-order chi connectivity index (χ1) is 12.8. The van der Waals surface area contributed by atoms with Gasteiger partial charge in [0.1, 0.15) is 24.0 Å². The van der Waals surface area contributed by atoms with Gasteiger partial charge in [0, 0.05) is 15.7 Å². The predicted molar refractivity (Wildman–Crippen MR) is 116 cm³/mol. The van der Waals surface area contributed by atoms with E-state index in [1.54, 1.807) is 12.1 Å². The van der Waals surface area contributed by atoms with Gasteiger partial charge >= 0.3 is 0 Å². The van der Waals surface area contributed by atoms with Crippen LogP contribution in [0.1, 0.15) is 16.7 Å². The lowest BCUT2D eigenvalue weighted by molar-refractivity contribution is -0.112. The fourth-order valence-corrected chi connectivity index (χ4v) is 3.80. The molecule has 0 heterocycles. The van der Waals surface area contributed by atoms with E-state index < -0.39 is 5.91 Å². The number of nitrogens with one attached hydrogen (secondary N) is 1. The van der Waals surface area contributed by atoms with E-state index in [2.05, 4.69) is 43.8 Å². The lowest BCUT2D eigenvalue weighted by atomic mass is 10.1. The molecule has 0 aromatic heterocycles. The number of nitrogens with zero attached hydrogens (tertiary/aromatic N) is 1. The summed E-state index contributed by atoms with van der Waals surface area (Å²) >= 11 is 6.86. The molecule has 0 spiro atoms. The zero-order valence-corrected chi connectivity index (χ0v) is 18.1. The standard InChI is InChI=1S/C21H18Br2N2O2/c1-4-7-27-20-15(10-17(22)11-18(20)23)9-16(12-24)21(26)25-19-6-5-13(2)8-14(19)3/h4-6,8-11H,1,7H2,2-3H3,(H,25,26)/b16-9+. The highest BCUT2D eigenvalue weighted by atomic mass is 79.9. The second kappa shape index (κ2) is 9.54. The highest BCUT2D eigenvalue weighted by molar-refractivity contribution is 9.11. The highest BCUT2D eigenvalue weighted by Gasteiger charge is 2.14. The molecule has 0 aliphatic rings. The lowest BCUT2D eigenvalue weighted by Gasteiger charge is -2.12. The van der Waals surface area contributed by atoms with E-state index >= 15 is 0 Å². The van der Waals surface area contributed by atoms with Gasteiger partial charge in [-0.3, -0.25) is 4.79 Å². The average molecular weight is 490 g/mol. The molecule has 27 heavy (non-hydrogen) atoms. The van der Waals surface area contributed by atoms with Gasteiger partial charge < -0.3 is 10.1 Å². The Morgan fingerprint density at radius 2 is 2.04 bits per heavy atom. The molecule has 0 saturated heterocycles. The van der Waals surface area contributed by atoms with Gasteiger partial charge in [0.25, 0.3) is 5.91 Å². The van der Waals surface area contributed by atoms with E-state index in [9.17, 15) is 10.1 Å². The van der Waals surface area contributed by atoms with Crippen LogP contribution in [0.5, 0.6) is 5.75 Å². The molecule has 1 N–H and O–H groups in total. The third kappa shape index (κ3) is 5.56. The van der Waals surface area contributed by atoms with Gasteiger partial charge in [-0.05, 0) is 59.6 Å². The summed E-state index contributed by atoms with van der Waals surface area (Å²) in [4.78, 5) is 12.6. The van der Waals surface area contributed by atoms with Crippen molar-refractivity contribution in [3.63, 3.8) is 0 Å². The van der Waals surface area contributed by atoms with Crippen LogP contribution >= 0.6 is 31.9 Å². The molecule has 2 rings (SSSR count).